The van der Waals surface area contributed by atoms with Crippen molar-refractivity contribution in [2.24, 2.45) is 0 Å². The van der Waals surface area contributed by atoms with Gasteiger partial charge in [0.05, 0.1) is 10.1 Å². The summed E-state index contributed by atoms with van der Waals surface area (Å²) in [7, 11) is -6.77. The summed E-state index contributed by atoms with van der Waals surface area (Å²) in [6.07, 6.45) is 1.45. The lowest BCUT2D eigenvalue weighted by Gasteiger charge is -2.34. The van der Waals surface area contributed by atoms with Crippen molar-refractivity contribution < 1.29 is 21.6 Å². The number of sulfonamides is 2. The van der Waals surface area contributed by atoms with E-state index in [9.17, 15) is 21.6 Å². The minimum absolute atomic E-state index is 0.160. The summed E-state index contributed by atoms with van der Waals surface area (Å²) in [6, 6.07) is 5.95. The van der Waals surface area contributed by atoms with Crippen molar-refractivity contribution in [2.75, 3.05) is 39.3 Å². The second-order valence-electron chi connectivity index (χ2n) is 7.05. The third-order valence-electron chi connectivity index (χ3n) is 5.28. The van der Waals surface area contributed by atoms with Gasteiger partial charge in [0.15, 0.2) is 0 Å². The molecule has 1 aromatic carbocycles. The zero-order chi connectivity index (χ0) is 20.5. The van der Waals surface area contributed by atoms with Crippen molar-refractivity contribution in [1.29, 1.82) is 0 Å². The molecule has 10 heteroatoms. The van der Waals surface area contributed by atoms with Gasteiger partial charge in [-0.25, -0.2) is 16.8 Å². The number of amides is 1. The highest BCUT2D eigenvalue weighted by molar-refractivity contribution is 7.90. The van der Waals surface area contributed by atoms with E-state index in [1.54, 1.807) is 18.7 Å². The van der Waals surface area contributed by atoms with E-state index in [1.807, 2.05) is 0 Å². The van der Waals surface area contributed by atoms with Crippen LogP contribution in [0, 0.1) is 0 Å². The molecule has 0 N–H and O–H groups in total. The van der Waals surface area contributed by atoms with Gasteiger partial charge in [-0.2, -0.15) is 8.61 Å². The molecule has 1 heterocycles. The molecule has 2 aliphatic rings. The van der Waals surface area contributed by atoms with Gasteiger partial charge in [-0.05, 0) is 37.1 Å². The third-order valence-corrected chi connectivity index (χ3v) is 9.74. The molecule has 1 saturated heterocycles. The molecule has 0 bridgehead atoms. The molecule has 0 aromatic heterocycles. The molecule has 0 spiro atoms. The molecular weight excluding hydrogens is 402 g/mol. The van der Waals surface area contributed by atoms with Crippen LogP contribution in [0.2, 0.25) is 0 Å². The normalized spacial score (nSPS) is 19.2. The van der Waals surface area contributed by atoms with Crippen LogP contribution >= 0.6 is 0 Å². The first-order valence-electron chi connectivity index (χ1n) is 9.60. The van der Waals surface area contributed by atoms with Crippen molar-refractivity contribution in [2.45, 2.75) is 36.8 Å². The molecule has 8 nitrogen and oxygen atoms in total. The average molecular weight is 430 g/mol. The second kappa shape index (κ2) is 8.10. The van der Waals surface area contributed by atoms with Crippen molar-refractivity contribution >= 4 is 26.0 Å². The van der Waals surface area contributed by atoms with E-state index in [0.717, 1.165) is 12.8 Å². The standard InChI is InChI=1S/C18H27N3O5S2/c1-3-20(4-2)27(23,24)16-7-5-15(6-8-16)18(22)19-11-13-21(14-12-19)28(25,26)17-9-10-17/h5-8,17H,3-4,9-14H2,1-2H3. The fraction of sp³-hybridized carbons (Fsp3) is 0.611. The van der Waals surface area contributed by atoms with Gasteiger partial charge in [0.25, 0.3) is 5.91 Å². The minimum Gasteiger partial charge on any atom is -0.336 e. The van der Waals surface area contributed by atoms with Crippen LogP contribution in [0.1, 0.15) is 37.0 Å². The van der Waals surface area contributed by atoms with Crippen LogP contribution in [0.15, 0.2) is 29.2 Å². The number of hydrogen-bond acceptors (Lipinski definition) is 5. The minimum atomic E-state index is -3.56. The molecule has 2 fully saturated rings. The highest BCUT2D eigenvalue weighted by atomic mass is 32.2. The molecule has 1 aromatic rings. The van der Waals surface area contributed by atoms with E-state index < -0.39 is 20.0 Å². The van der Waals surface area contributed by atoms with Crippen LogP contribution in [0.3, 0.4) is 0 Å². The molecule has 3 rings (SSSR count). The second-order valence-corrected chi connectivity index (χ2v) is 11.2. The summed E-state index contributed by atoms with van der Waals surface area (Å²) >= 11 is 0. The van der Waals surface area contributed by atoms with Gasteiger partial charge in [-0.3, -0.25) is 4.79 Å². The predicted octanol–water partition coefficient (Wildman–Crippen LogP) is 0.967. The number of carbonyl (C=O) groups excluding carboxylic acids is 1. The smallest absolute Gasteiger partial charge is 0.253 e. The highest BCUT2D eigenvalue weighted by Gasteiger charge is 2.41. The lowest BCUT2D eigenvalue weighted by molar-refractivity contribution is 0.0697. The van der Waals surface area contributed by atoms with Crippen LogP contribution in [0.5, 0.6) is 0 Å². The van der Waals surface area contributed by atoms with Gasteiger partial charge >= 0.3 is 0 Å². The Bertz CT molecular complexity index is 912. The Morgan fingerprint density at radius 3 is 1.96 bits per heavy atom. The Kier molecular flexibility index (Phi) is 6.14. The third kappa shape index (κ3) is 4.10. The number of hydrogen-bond donors (Lipinski definition) is 0. The molecule has 1 amide bonds. The van der Waals surface area contributed by atoms with E-state index in [2.05, 4.69) is 0 Å². The number of piperazine rings is 1. The summed E-state index contributed by atoms with van der Waals surface area (Å²) in [5, 5.41) is -0.241. The van der Waals surface area contributed by atoms with E-state index in [-0.39, 0.29) is 16.1 Å². The maximum atomic E-state index is 12.7. The van der Waals surface area contributed by atoms with Gasteiger partial charge in [0, 0.05) is 44.8 Å². The van der Waals surface area contributed by atoms with Gasteiger partial charge < -0.3 is 4.90 Å². The SMILES string of the molecule is CCN(CC)S(=O)(=O)c1ccc(C(=O)N2CCN(S(=O)(=O)C3CC3)CC2)cc1. The zero-order valence-electron chi connectivity index (χ0n) is 16.2. The van der Waals surface area contributed by atoms with Crippen LogP contribution in [0.4, 0.5) is 0 Å². The Hall–Kier alpha value is -1.49. The van der Waals surface area contributed by atoms with Crippen molar-refractivity contribution in [3.63, 3.8) is 0 Å². The van der Waals surface area contributed by atoms with Crippen molar-refractivity contribution in [3.05, 3.63) is 29.8 Å². The van der Waals surface area contributed by atoms with E-state index >= 15 is 0 Å². The van der Waals surface area contributed by atoms with Crippen LogP contribution in [0.25, 0.3) is 0 Å². The van der Waals surface area contributed by atoms with Crippen molar-refractivity contribution in [1.82, 2.24) is 13.5 Å². The summed E-state index contributed by atoms with van der Waals surface area (Å²) in [5.41, 5.74) is 0.400. The summed E-state index contributed by atoms with van der Waals surface area (Å²) in [5.74, 6) is -0.213. The quantitative estimate of drug-likeness (QED) is 0.644. The Morgan fingerprint density at radius 1 is 0.964 bits per heavy atom. The monoisotopic (exact) mass is 429 g/mol. The van der Waals surface area contributed by atoms with E-state index in [4.69, 9.17) is 0 Å². The van der Waals surface area contributed by atoms with Crippen LogP contribution in [-0.4, -0.2) is 80.8 Å². The lowest BCUT2D eigenvalue weighted by atomic mass is 10.2. The maximum Gasteiger partial charge on any atom is 0.253 e. The summed E-state index contributed by atoms with van der Waals surface area (Å²) < 4.78 is 52.5. The molecule has 28 heavy (non-hydrogen) atoms. The number of carbonyl (C=O) groups is 1. The van der Waals surface area contributed by atoms with Crippen molar-refractivity contribution in [3.8, 4) is 0 Å². The number of benzene rings is 1. The fourth-order valence-electron chi connectivity index (χ4n) is 3.39. The van der Waals surface area contributed by atoms with Gasteiger partial charge in [-0.15, -0.1) is 0 Å². The van der Waals surface area contributed by atoms with E-state index in [1.165, 1.54) is 32.9 Å². The Morgan fingerprint density at radius 2 is 1.50 bits per heavy atom. The van der Waals surface area contributed by atoms with Crippen LogP contribution < -0.4 is 0 Å². The lowest BCUT2D eigenvalue weighted by Crippen LogP contribution is -2.51. The number of rotatable bonds is 7. The number of nitrogens with zero attached hydrogens (tertiary/aromatic N) is 3. The van der Waals surface area contributed by atoms with Gasteiger partial charge in [0.2, 0.25) is 20.0 Å². The topological polar surface area (TPSA) is 95.1 Å². The molecule has 0 unspecified atom stereocenters. The van der Waals surface area contributed by atoms with E-state index in [0.29, 0.717) is 44.8 Å². The summed E-state index contributed by atoms with van der Waals surface area (Å²) in [4.78, 5) is 14.5. The molecule has 1 saturated carbocycles. The first-order valence-corrected chi connectivity index (χ1v) is 12.5. The zero-order valence-corrected chi connectivity index (χ0v) is 17.9. The van der Waals surface area contributed by atoms with Crippen LogP contribution in [-0.2, 0) is 20.0 Å². The molecule has 1 aliphatic heterocycles. The molecule has 0 radical (unpaired) electrons. The molecule has 1 aliphatic carbocycles. The first-order chi connectivity index (χ1) is 13.2. The van der Waals surface area contributed by atoms with Gasteiger partial charge in [-0.1, -0.05) is 13.8 Å². The average Bonchev–Trinajstić information content (AvgIpc) is 3.54. The Labute approximate surface area is 167 Å². The van der Waals surface area contributed by atoms with Gasteiger partial charge in [0.1, 0.15) is 0 Å². The molecule has 0 atom stereocenters. The Balaban J connectivity index is 1.66. The maximum absolute atomic E-state index is 12.7. The molecule has 156 valence electrons. The fourth-order valence-corrected chi connectivity index (χ4v) is 6.67. The molecular formula is C18H27N3O5S2. The predicted molar refractivity (Wildman–Crippen MR) is 106 cm³/mol. The first kappa shape index (κ1) is 21.2. The highest BCUT2D eigenvalue weighted by Crippen LogP contribution is 2.31. The summed E-state index contributed by atoms with van der Waals surface area (Å²) in [6.45, 7) is 5.61. The largest absolute Gasteiger partial charge is 0.336 e.